The second kappa shape index (κ2) is 5.66. The first-order valence-corrected chi connectivity index (χ1v) is 8.52. The summed E-state index contributed by atoms with van der Waals surface area (Å²) in [5.74, 6) is 0.360. The van der Waals surface area contributed by atoms with Crippen molar-refractivity contribution in [3.63, 3.8) is 0 Å². The summed E-state index contributed by atoms with van der Waals surface area (Å²) in [6, 6.07) is 9.24. The number of nitrogens with zero attached hydrogens (tertiary/aromatic N) is 5. The summed E-state index contributed by atoms with van der Waals surface area (Å²) in [7, 11) is 0. The summed E-state index contributed by atoms with van der Waals surface area (Å²) in [4.78, 5) is 4.23. The van der Waals surface area contributed by atoms with Crippen LogP contribution in [0.2, 0.25) is 0 Å². The lowest BCUT2D eigenvalue weighted by molar-refractivity contribution is 0.202. The quantitative estimate of drug-likeness (QED) is 0.553. The van der Waals surface area contributed by atoms with Crippen LogP contribution < -0.4 is 4.74 Å². The number of hydrogen-bond acceptors (Lipinski definition) is 4. The fourth-order valence-electron chi connectivity index (χ4n) is 3.34. The van der Waals surface area contributed by atoms with Crippen LogP contribution in [0.4, 0.5) is 4.39 Å². The van der Waals surface area contributed by atoms with Gasteiger partial charge in [0.1, 0.15) is 11.5 Å². The molecule has 1 atom stereocenters. The summed E-state index contributed by atoms with van der Waals surface area (Å²) in [5.41, 5.74) is 4.13. The maximum absolute atomic E-state index is 13.3. The van der Waals surface area contributed by atoms with Crippen LogP contribution in [0.3, 0.4) is 0 Å². The van der Waals surface area contributed by atoms with Gasteiger partial charge >= 0.3 is 0 Å². The number of pyridine rings is 2. The molecule has 26 heavy (non-hydrogen) atoms. The third kappa shape index (κ3) is 2.28. The number of aromatic nitrogens is 5. The maximum Gasteiger partial charge on any atom is 0.220 e. The predicted molar refractivity (Wildman–Crippen MR) is 94.4 cm³/mol. The molecule has 0 radical (unpaired) electrons. The minimum Gasteiger partial charge on any atom is -0.477 e. The fourth-order valence-corrected chi connectivity index (χ4v) is 3.34. The van der Waals surface area contributed by atoms with Crippen LogP contribution >= 0.6 is 0 Å². The van der Waals surface area contributed by atoms with E-state index >= 15 is 0 Å². The van der Waals surface area contributed by atoms with Gasteiger partial charge in [-0.05, 0) is 42.8 Å². The van der Waals surface area contributed by atoms with Gasteiger partial charge in [0.05, 0.1) is 35.6 Å². The van der Waals surface area contributed by atoms with Gasteiger partial charge in [0.2, 0.25) is 5.88 Å². The Morgan fingerprint density at radius 1 is 1.23 bits per heavy atom. The van der Waals surface area contributed by atoms with E-state index in [1.807, 2.05) is 29.1 Å². The summed E-state index contributed by atoms with van der Waals surface area (Å²) in [6.07, 6.45) is 5.77. The van der Waals surface area contributed by atoms with Gasteiger partial charge in [-0.25, -0.2) is 13.6 Å². The van der Waals surface area contributed by atoms with Crippen LogP contribution in [0.15, 0.2) is 48.9 Å². The van der Waals surface area contributed by atoms with Gasteiger partial charge in [0.15, 0.2) is 0 Å². The molecule has 7 heteroatoms. The van der Waals surface area contributed by atoms with Gasteiger partial charge in [0.25, 0.3) is 0 Å². The zero-order chi connectivity index (χ0) is 17.7. The number of halogens is 1. The van der Waals surface area contributed by atoms with E-state index in [9.17, 15) is 4.39 Å². The van der Waals surface area contributed by atoms with Crippen molar-refractivity contribution in [1.82, 2.24) is 24.4 Å². The maximum atomic E-state index is 13.3. The van der Waals surface area contributed by atoms with Crippen molar-refractivity contribution in [1.29, 1.82) is 0 Å². The highest BCUT2D eigenvalue weighted by molar-refractivity contribution is 5.85. The van der Waals surface area contributed by atoms with Crippen LogP contribution in [-0.4, -0.2) is 31.0 Å². The Kier molecular flexibility index (Phi) is 3.28. The van der Waals surface area contributed by atoms with Crippen molar-refractivity contribution in [2.24, 2.45) is 0 Å². The summed E-state index contributed by atoms with van der Waals surface area (Å²) < 4.78 is 23.0. The van der Waals surface area contributed by atoms with E-state index in [0.29, 0.717) is 18.0 Å². The van der Waals surface area contributed by atoms with Crippen LogP contribution in [0, 0.1) is 5.82 Å². The number of hydrogen-bond donors (Lipinski definition) is 0. The van der Waals surface area contributed by atoms with Crippen molar-refractivity contribution in [3.05, 3.63) is 54.7 Å². The summed E-state index contributed by atoms with van der Waals surface area (Å²) in [5, 5.41) is 9.00. The highest BCUT2D eigenvalue weighted by atomic mass is 19.1. The second-order valence-corrected chi connectivity index (χ2v) is 6.44. The largest absolute Gasteiger partial charge is 0.477 e. The summed E-state index contributed by atoms with van der Waals surface area (Å²) >= 11 is 0. The number of fused-ring (bicyclic) bond motifs is 2. The first-order valence-electron chi connectivity index (χ1n) is 8.52. The molecule has 5 rings (SSSR count). The number of ether oxygens (including phenoxy) is 1. The van der Waals surface area contributed by atoms with Crippen molar-refractivity contribution in [2.75, 3.05) is 6.61 Å². The molecule has 0 aromatic carbocycles. The zero-order valence-electron chi connectivity index (χ0n) is 14.1. The topological polar surface area (TPSA) is 57.2 Å². The summed E-state index contributed by atoms with van der Waals surface area (Å²) in [6.45, 7) is 2.76. The molecule has 4 aromatic rings. The molecule has 130 valence electrons. The minimum atomic E-state index is -0.371. The zero-order valence-corrected chi connectivity index (χ0v) is 14.1. The predicted octanol–water partition coefficient (Wildman–Crippen LogP) is 3.74. The second-order valence-electron chi connectivity index (χ2n) is 6.44. The van der Waals surface area contributed by atoms with Crippen molar-refractivity contribution in [2.45, 2.75) is 19.4 Å². The fraction of sp³-hybridized carbons (Fsp3) is 0.211. The molecule has 1 unspecified atom stereocenters. The molecule has 0 bridgehead atoms. The Labute approximate surface area is 148 Å². The van der Waals surface area contributed by atoms with Crippen LogP contribution in [0.1, 0.15) is 19.4 Å². The lowest BCUT2D eigenvalue weighted by atomic mass is 10.0. The van der Waals surface area contributed by atoms with E-state index in [1.54, 1.807) is 16.8 Å². The molecule has 0 spiro atoms. The van der Waals surface area contributed by atoms with E-state index in [-0.39, 0.29) is 11.9 Å². The molecular weight excluding hydrogens is 333 g/mol. The lowest BCUT2D eigenvalue weighted by Gasteiger charge is -2.22. The number of rotatable bonds is 2. The monoisotopic (exact) mass is 349 g/mol. The van der Waals surface area contributed by atoms with Gasteiger partial charge in [-0.15, -0.1) is 0 Å². The highest BCUT2D eigenvalue weighted by Gasteiger charge is 2.28. The van der Waals surface area contributed by atoms with E-state index < -0.39 is 0 Å². The van der Waals surface area contributed by atoms with E-state index in [2.05, 4.69) is 17.0 Å². The van der Waals surface area contributed by atoms with E-state index in [0.717, 1.165) is 28.9 Å². The molecule has 0 saturated heterocycles. The lowest BCUT2D eigenvalue weighted by Crippen LogP contribution is -2.19. The Morgan fingerprint density at radius 2 is 2.15 bits per heavy atom. The Morgan fingerprint density at radius 3 is 3.00 bits per heavy atom. The molecule has 0 saturated carbocycles. The van der Waals surface area contributed by atoms with Gasteiger partial charge in [-0.3, -0.25) is 4.98 Å². The molecular formula is C19H16FN5O. The van der Waals surface area contributed by atoms with Gasteiger partial charge in [-0.2, -0.15) is 10.2 Å². The molecule has 0 aliphatic carbocycles. The molecule has 6 nitrogen and oxygen atoms in total. The smallest absolute Gasteiger partial charge is 0.220 e. The molecule has 0 fully saturated rings. The van der Waals surface area contributed by atoms with Crippen molar-refractivity contribution < 1.29 is 9.13 Å². The Bertz CT molecular complexity index is 1100. The van der Waals surface area contributed by atoms with Crippen LogP contribution in [0.25, 0.3) is 28.0 Å². The molecule has 4 aromatic heterocycles. The molecule has 5 heterocycles. The van der Waals surface area contributed by atoms with E-state index in [1.165, 1.54) is 12.3 Å². The van der Waals surface area contributed by atoms with Gasteiger partial charge in [0, 0.05) is 18.8 Å². The minimum absolute atomic E-state index is 0.227. The SMILES string of the molecule is CC1CCOc2c(-c3ccn4nccc4c3)c(-c3ccc(F)cn3)nn21. The highest BCUT2D eigenvalue weighted by Crippen LogP contribution is 2.42. The Hall–Kier alpha value is -3.22. The molecule has 0 amide bonds. The standard InChI is InChI=1S/C19H16FN5O/c1-12-6-9-26-19-17(13-5-8-24-15(10-13)4-7-22-24)18(23-25(12)19)16-3-2-14(20)11-21-16/h2-5,7-8,10-12H,6,9H2,1H3. The van der Waals surface area contributed by atoms with Crippen LogP contribution in [-0.2, 0) is 0 Å². The van der Waals surface area contributed by atoms with Gasteiger partial charge < -0.3 is 4.74 Å². The molecule has 1 aliphatic heterocycles. The normalized spacial score (nSPS) is 16.5. The average molecular weight is 349 g/mol. The van der Waals surface area contributed by atoms with Gasteiger partial charge in [-0.1, -0.05) is 0 Å². The van der Waals surface area contributed by atoms with Crippen LogP contribution in [0.5, 0.6) is 5.88 Å². The van der Waals surface area contributed by atoms with Crippen molar-refractivity contribution in [3.8, 4) is 28.4 Å². The third-order valence-corrected chi connectivity index (χ3v) is 4.72. The average Bonchev–Trinajstić information content (AvgIpc) is 3.26. The molecule has 1 aliphatic rings. The first-order chi connectivity index (χ1) is 12.7. The first kappa shape index (κ1) is 15.1. The molecule has 0 N–H and O–H groups in total. The van der Waals surface area contributed by atoms with Crippen molar-refractivity contribution >= 4 is 5.52 Å². The third-order valence-electron chi connectivity index (χ3n) is 4.72. The Balaban J connectivity index is 1.77. The van der Waals surface area contributed by atoms with E-state index in [4.69, 9.17) is 9.84 Å².